The van der Waals surface area contributed by atoms with Crippen molar-refractivity contribution in [2.75, 3.05) is 23.2 Å². The van der Waals surface area contributed by atoms with Crippen LogP contribution in [0.25, 0.3) is 0 Å². The number of anilines is 1. The number of benzene rings is 2. The molecule has 9 heteroatoms. The van der Waals surface area contributed by atoms with Crippen LogP contribution in [-0.2, 0) is 26.0 Å². The quantitative estimate of drug-likeness (QED) is 0.436. The van der Waals surface area contributed by atoms with Crippen LogP contribution >= 0.6 is 11.6 Å². The number of Topliss-reactive ketones (excluding diaryl/α,β-unsaturated/α-hetero) is 1. The van der Waals surface area contributed by atoms with Crippen molar-refractivity contribution in [1.82, 2.24) is 0 Å². The molecule has 1 aliphatic rings. The van der Waals surface area contributed by atoms with Crippen LogP contribution in [0.5, 0.6) is 5.75 Å². The number of ether oxygens (including phenoxy) is 2. The van der Waals surface area contributed by atoms with Gasteiger partial charge in [-0.3, -0.25) is 9.10 Å². The highest BCUT2D eigenvalue weighted by Crippen LogP contribution is 2.31. The molecule has 1 heterocycles. The van der Waals surface area contributed by atoms with E-state index in [-0.39, 0.29) is 11.5 Å². The number of carbonyl (C=O) groups excluding carboxylic acids is 2. The first-order valence-electron chi connectivity index (χ1n) is 9.82. The number of esters is 1. The van der Waals surface area contributed by atoms with Gasteiger partial charge >= 0.3 is 5.97 Å². The summed E-state index contributed by atoms with van der Waals surface area (Å²) in [5.74, 6) is -0.605. The molecule has 0 saturated heterocycles. The molecule has 0 aromatic heterocycles. The summed E-state index contributed by atoms with van der Waals surface area (Å²) in [7, 11) is -3.35. The average Bonchev–Trinajstić information content (AvgIpc) is 3.17. The highest BCUT2D eigenvalue weighted by atomic mass is 35.5. The zero-order chi connectivity index (χ0) is 22.8. The van der Waals surface area contributed by atoms with Crippen LogP contribution in [0.4, 0.5) is 5.69 Å². The molecule has 3 rings (SSSR count). The summed E-state index contributed by atoms with van der Waals surface area (Å²) in [4.78, 5) is 25.0. The minimum atomic E-state index is -3.35. The van der Waals surface area contributed by atoms with Gasteiger partial charge in [0.2, 0.25) is 10.0 Å². The minimum absolute atomic E-state index is 0.0109. The van der Waals surface area contributed by atoms with Gasteiger partial charge in [-0.25, -0.2) is 13.2 Å². The smallest absolute Gasteiger partial charge is 0.350 e. The monoisotopic (exact) mass is 465 g/mol. The number of carbonyl (C=O) groups is 2. The van der Waals surface area contributed by atoms with Crippen molar-refractivity contribution >= 4 is 39.1 Å². The van der Waals surface area contributed by atoms with Gasteiger partial charge in [0, 0.05) is 17.1 Å². The van der Waals surface area contributed by atoms with Crippen LogP contribution in [0.3, 0.4) is 0 Å². The summed E-state index contributed by atoms with van der Waals surface area (Å²) in [5, 5.41) is 0.545. The number of fused-ring (bicyclic) bond motifs is 1. The number of nitrogens with zero attached hydrogens (tertiary/aromatic N) is 1. The molecule has 2 aromatic rings. The molecule has 0 amide bonds. The Morgan fingerprint density at radius 3 is 2.45 bits per heavy atom. The van der Waals surface area contributed by atoms with E-state index in [4.69, 9.17) is 21.1 Å². The lowest BCUT2D eigenvalue weighted by molar-refractivity contribution is -0.158. The molecule has 2 aromatic carbocycles. The minimum Gasteiger partial charge on any atom is -0.476 e. The summed E-state index contributed by atoms with van der Waals surface area (Å²) in [6.45, 7) is 4.60. The zero-order valence-electron chi connectivity index (χ0n) is 17.6. The molecule has 1 aliphatic heterocycles. The van der Waals surface area contributed by atoms with Gasteiger partial charge in [-0.1, -0.05) is 11.6 Å². The first-order chi connectivity index (χ1) is 14.5. The highest BCUT2D eigenvalue weighted by molar-refractivity contribution is 7.92. The van der Waals surface area contributed by atoms with E-state index in [2.05, 4.69) is 0 Å². The molecule has 0 aliphatic carbocycles. The van der Waals surface area contributed by atoms with Gasteiger partial charge in [0.15, 0.2) is 18.0 Å². The fourth-order valence-electron chi connectivity index (χ4n) is 3.22. The van der Waals surface area contributed by atoms with Crippen molar-refractivity contribution in [3.05, 3.63) is 58.6 Å². The molecule has 0 spiro atoms. The first-order valence-corrected chi connectivity index (χ1v) is 11.8. The van der Waals surface area contributed by atoms with Crippen LogP contribution in [-0.4, -0.2) is 44.7 Å². The molecule has 31 heavy (non-hydrogen) atoms. The second kappa shape index (κ2) is 8.88. The summed E-state index contributed by atoms with van der Waals surface area (Å²) < 4.78 is 36.6. The van der Waals surface area contributed by atoms with E-state index in [1.165, 1.54) is 4.31 Å². The zero-order valence-corrected chi connectivity index (χ0v) is 19.1. The van der Waals surface area contributed by atoms with Crippen molar-refractivity contribution in [2.24, 2.45) is 0 Å². The number of ketones is 1. The maximum atomic E-state index is 12.5. The van der Waals surface area contributed by atoms with Crippen LogP contribution in [0.2, 0.25) is 5.02 Å². The summed E-state index contributed by atoms with van der Waals surface area (Å²) >= 11 is 5.84. The van der Waals surface area contributed by atoms with Crippen LogP contribution in [0.15, 0.2) is 42.5 Å². The second-order valence-corrected chi connectivity index (χ2v) is 10.3. The molecule has 0 unspecified atom stereocenters. The lowest BCUT2D eigenvalue weighted by Gasteiger charge is -2.24. The number of hydrogen-bond acceptors (Lipinski definition) is 6. The predicted molar refractivity (Wildman–Crippen MR) is 118 cm³/mol. The largest absolute Gasteiger partial charge is 0.476 e. The molecule has 166 valence electrons. The Hall–Kier alpha value is -2.58. The topological polar surface area (TPSA) is 90.0 Å². The standard InChI is InChI=1S/C22H24ClNO6S/c1-4-31(27,28)24-12-11-15-13-16(5-10-19(15)24)20(25)14-29-21(26)22(2,3)30-18-8-6-17(23)7-9-18/h5-10,13H,4,11-12,14H2,1-3H3. The van der Waals surface area contributed by atoms with Gasteiger partial charge in [0.05, 0.1) is 11.4 Å². The van der Waals surface area contributed by atoms with E-state index >= 15 is 0 Å². The van der Waals surface area contributed by atoms with Gasteiger partial charge in [-0.05, 0) is 75.2 Å². The summed E-state index contributed by atoms with van der Waals surface area (Å²) in [6, 6.07) is 11.4. The fourth-order valence-corrected chi connectivity index (χ4v) is 4.50. The predicted octanol–water partition coefficient (Wildman–Crippen LogP) is 3.64. The van der Waals surface area contributed by atoms with E-state index in [9.17, 15) is 18.0 Å². The lowest BCUT2D eigenvalue weighted by atomic mass is 10.1. The van der Waals surface area contributed by atoms with Crippen molar-refractivity contribution in [3.8, 4) is 5.75 Å². The molecular formula is C22H24ClNO6S. The molecule has 0 saturated carbocycles. The maximum Gasteiger partial charge on any atom is 0.350 e. The number of halogens is 1. The average molecular weight is 466 g/mol. The Kier molecular flexibility index (Phi) is 6.62. The Morgan fingerprint density at radius 1 is 1.13 bits per heavy atom. The number of sulfonamides is 1. The van der Waals surface area contributed by atoms with E-state index in [1.54, 1.807) is 63.2 Å². The van der Waals surface area contributed by atoms with Gasteiger partial charge in [0.1, 0.15) is 5.75 Å². The second-order valence-electron chi connectivity index (χ2n) is 7.63. The normalized spacial score (nSPS) is 13.6. The molecular weight excluding hydrogens is 442 g/mol. The van der Waals surface area contributed by atoms with Crippen molar-refractivity contribution in [3.63, 3.8) is 0 Å². The van der Waals surface area contributed by atoms with Gasteiger partial charge < -0.3 is 9.47 Å². The third-order valence-corrected chi connectivity index (χ3v) is 7.00. The van der Waals surface area contributed by atoms with Gasteiger partial charge in [-0.15, -0.1) is 0 Å². The lowest BCUT2D eigenvalue weighted by Crippen LogP contribution is -2.40. The van der Waals surface area contributed by atoms with Gasteiger partial charge in [0.25, 0.3) is 0 Å². The van der Waals surface area contributed by atoms with E-state index < -0.39 is 28.2 Å². The number of rotatable bonds is 8. The van der Waals surface area contributed by atoms with E-state index in [0.717, 1.165) is 5.56 Å². The first kappa shape index (κ1) is 23.1. The SMILES string of the molecule is CCS(=O)(=O)N1CCc2cc(C(=O)COC(=O)C(C)(C)Oc3ccc(Cl)cc3)ccc21. The Labute approximate surface area is 187 Å². The fraction of sp³-hybridized carbons (Fsp3) is 0.364. The van der Waals surface area contributed by atoms with Crippen molar-refractivity contribution in [2.45, 2.75) is 32.8 Å². The third kappa shape index (κ3) is 5.19. The van der Waals surface area contributed by atoms with Crippen molar-refractivity contribution < 1.29 is 27.5 Å². The van der Waals surface area contributed by atoms with E-state index in [0.29, 0.717) is 35.0 Å². The third-order valence-electron chi connectivity index (χ3n) is 4.97. The van der Waals surface area contributed by atoms with E-state index in [1.807, 2.05) is 0 Å². The van der Waals surface area contributed by atoms with Crippen LogP contribution in [0.1, 0.15) is 36.7 Å². The Bertz CT molecular complexity index is 1100. The van der Waals surface area contributed by atoms with Gasteiger partial charge in [-0.2, -0.15) is 0 Å². The maximum absolute atomic E-state index is 12.5. The van der Waals surface area contributed by atoms with Crippen LogP contribution in [0, 0.1) is 0 Å². The molecule has 0 radical (unpaired) electrons. The highest BCUT2D eigenvalue weighted by Gasteiger charge is 2.33. The molecule has 0 bridgehead atoms. The Morgan fingerprint density at radius 2 is 1.81 bits per heavy atom. The molecule has 0 atom stereocenters. The summed E-state index contributed by atoms with van der Waals surface area (Å²) in [6.07, 6.45) is 0.525. The Balaban J connectivity index is 1.63. The molecule has 0 fully saturated rings. The number of hydrogen-bond donors (Lipinski definition) is 0. The van der Waals surface area contributed by atoms with Crippen LogP contribution < -0.4 is 9.04 Å². The molecule has 0 N–H and O–H groups in total. The summed E-state index contributed by atoms with van der Waals surface area (Å²) in [5.41, 5.74) is 0.424. The molecule has 7 nitrogen and oxygen atoms in total. The van der Waals surface area contributed by atoms with Crippen molar-refractivity contribution in [1.29, 1.82) is 0 Å².